The fourth-order valence-electron chi connectivity index (χ4n) is 2.26. The summed E-state index contributed by atoms with van der Waals surface area (Å²) in [6.45, 7) is 2.48. The van der Waals surface area contributed by atoms with Crippen LogP contribution in [0.25, 0.3) is 11.0 Å². The van der Waals surface area contributed by atoms with E-state index in [1.165, 1.54) is 6.33 Å². The summed E-state index contributed by atoms with van der Waals surface area (Å²) >= 11 is 6.21. The van der Waals surface area contributed by atoms with Gasteiger partial charge in [0.25, 0.3) is 0 Å². The number of hydrogen-bond acceptors (Lipinski definition) is 5. The van der Waals surface area contributed by atoms with Crippen molar-refractivity contribution in [2.75, 3.05) is 0 Å². The van der Waals surface area contributed by atoms with Crippen LogP contribution in [-0.4, -0.2) is 19.7 Å². The van der Waals surface area contributed by atoms with Crippen LogP contribution in [0, 0.1) is 11.3 Å². The van der Waals surface area contributed by atoms with E-state index >= 15 is 0 Å². The Morgan fingerprint density at radius 2 is 2.33 bits per heavy atom. The highest BCUT2D eigenvalue weighted by molar-refractivity contribution is 6.20. The molecule has 0 saturated carbocycles. The summed E-state index contributed by atoms with van der Waals surface area (Å²) in [6.07, 6.45) is 1.96. The number of aromatic nitrogens is 4. The third-order valence-electron chi connectivity index (χ3n) is 3.22. The Hall–Kier alpha value is -2.39. The number of alkyl halides is 1. The van der Waals surface area contributed by atoms with Crippen molar-refractivity contribution in [1.82, 2.24) is 19.7 Å². The Morgan fingerprint density at radius 1 is 1.48 bits per heavy atom. The van der Waals surface area contributed by atoms with Gasteiger partial charge in [-0.3, -0.25) is 0 Å². The van der Waals surface area contributed by atoms with E-state index in [0.29, 0.717) is 24.4 Å². The van der Waals surface area contributed by atoms with Crippen LogP contribution in [0.4, 0.5) is 0 Å². The number of halogens is 1. The quantitative estimate of drug-likeness (QED) is 0.692. The number of nitriles is 1. The second-order valence-electron chi connectivity index (χ2n) is 4.64. The zero-order valence-electron chi connectivity index (χ0n) is 11.3. The van der Waals surface area contributed by atoms with E-state index in [2.05, 4.69) is 21.2 Å². The zero-order chi connectivity index (χ0) is 14.8. The van der Waals surface area contributed by atoms with Gasteiger partial charge in [0, 0.05) is 13.0 Å². The number of rotatable bonds is 4. The number of aryl methyl sites for hydroxylation is 2. The van der Waals surface area contributed by atoms with Crippen molar-refractivity contribution < 1.29 is 4.52 Å². The third kappa shape index (κ3) is 2.60. The first-order valence-corrected chi connectivity index (χ1v) is 6.92. The van der Waals surface area contributed by atoms with Gasteiger partial charge >= 0.3 is 0 Å². The highest BCUT2D eigenvalue weighted by Crippen LogP contribution is 2.25. The lowest BCUT2D eigenvalue weighted by Crippen LogP contribution is -2.07. The predicted molar refractivity (Wildman–Crippen MR) is 76.7 cm³/mol. The van der Waals surface area contributed by atoms with E-state index in [0.717, 1.165) is 16.9 Å². The molecule has 3 rings (SSSR count). The molecule has 0 saturated heterocycles. The smallest absolute Gasteiger partial charge is 0.228 e. The molecule has 0 fully saturated rings. The molecule has 0 N–H and O–H groups in total. The van der Waals surface area contributed by atoms with Crippen LogP contribution in [0.15, 0.2) is 29.0 Å². The van der Waals surface area contributed by atoms with Crippen LogP contribution in [0.2, 0.25) is 0 Å². The van der Waals surface area contributed by atoms with Gasteiger partial charge in [-0.2, -0.15) is 10.2 Å². The van der Waals surface area contributed by atoms with Crippen LogP contribution in [0.1, 0.15) is 29.6 Å². The topological polar surface area (TPSA) is 80.5 Å². The van der Waals surface area contributed by atoms with Gasteiger partial charge in [0.1, 0.15) is 5.82 Å². The maximum absolute atomic E-state index is 9.05. The predicted octanol–water partition coefficient (Wildman–Crippen LogP) is 2.83. The molecule has 2 aromatic heterocycles. The van der Waals surface area contributed by atoms with Crippen LogP contribution < -0.4 is 0 Å². The van der Waals surface area contributed by atoms with E-state index in [9.17, 15) is 0 Å². The maximum atomic E-state index is 9.05. The minimum Gasteiger partial charge on any atom is -0.340 e. The molecular weight excluding hydrogens is 290 g/mol. The Labute approximate surface area is 126 Å². The second-order valence-corrected chi connectivity index (χ2v) is 5.29. The molecule has 6 nitrogen and oxygen atoms in total. The molecule has 0 amide bonds. The summed E-state index contributed by atoms with van der Waals surface area (Å²) in [5.41, 5.74) is 2.30. The molecular formula is C14H12ClN5O. The minimum atomic E-state index is -0.231. The molecule has 0 spiro atoms. The SMILES string of the molecule is CC(Cl)c1nc2ccc(C#N)cc2n1CCc1ncno1. The average Bonchev–Trinajstić information content (AvgIpc) is 3.11. The van der Waals surface area contributed by atoms with Gasteiger partial charge in [-0.1, -0.05) is 5.16 Å². The zero-order valence-corrected chi connectivity index (χ0v) is 12.1. The first kappa shape index (κ1) is 13.6. The van der Waals surface area contributed by atoms with Gasteiger partial charge in [0.05, 0.1) is 28.0 Å². The maximum Gasteiger partial charge on any atom is 0.228 e. The number of fused-ring (bicyclic) bond motifs is 1. The Morgan fingerprint density at radius 3 is 3.00 bits per heavy atom. The molecule has 1 aromatic carbocycles. The number of benzene rings is 1. The fraction of sp³-hybridized carbons (Fsp3) is 0.286. The van der Waals surface area contributed by atoms with E-state index in [4.69, 9.17) is 21.4 Å². The average molecular weight is 302 g/mol. The Kier molecular flexibility index (Phi) is 3.59. The molecule has 21 heavy (non-hydrogen) atoms. The van der Waals surface area contributed by atoms with Crippen molar-refractivity contribution in [2.45, 2.75) is 25.3 Å². The lowest BCUT2D eigenvalue weighted by atomic mass is 10.2. The number of hydrogen-bond donors (Lipinski definition) is 0. The third-order valence-corrected chi connectivity index (χ3v) is 3.41. The van der Waals surface area contributed by atoms with Gasteiger partial charge in [0.2, 0.25) is 5.89 Å². The van der Waals surface area contributed by atoms with Gasteiger partial charge in [-0.25, -0.2) is 4.98 Å². The summed E-state index contributed by atoms with van der Waals surface area (Å²) in [4.78, 5) is 8.55. The van der Waals surface area contributed by atoms with Crippen molar-refractivity contribution in [2.24, 2.45) is 0 Å². The van der Waals surface area contributed by atoms with Gasteiger partial charge < -0.3 is 9.09 Å². The lowest BCUT2D eigenvalue weighted by molar-refractivity contribution is 0.371. The molecule has 0 aliphatic carbocycles. The van der Waals surface area contributed by atoms with Crippen LogP contribution in [-0.2, 0) is 13.0 Å². The molecule has 0 radical (unpaired) electrons. The largest absolute Gasteiger partial charge is 0.340 e. The molecule has 1 unspecified atom stereocenters. The first-order chi connectivity index (χ1) is 10.2. The van der Waals surface area contributed by atoms with Crippen LogP contribution in [0.5, 0.6) is 0 Å². The van der Waals surface area contributed by atoms with Crippen molar-refractivity contribution in [3.8, 4) is 6.07 Å². The summed E-state index contributed by atoms with van der Waals surface area (Å²) < 4.78 is 7.01. The molecule has 0 bridgehead atoms. The summed E-state index contributed by atoms with van der Waals surface area (Å²) in [5, 5.41) is 12.4. The molecule has 0 aliphatic rings. The molecule has 7 heteroatoms. The van der Waals surface area contributed by atoms with E-state index < -0.39 is 0 Å². The second kappa shape index (κ2) is 5.54. The molecule has 0 aliphatic heterocycles. The van der Waals surface area contributed by atoms with Crippen molar-refractivity contribution in [3.05, 3.63) is 41.8 Å². The normalized spacial score (nSPS) is 12.4. The highest BCUT2D eigenvalue weighted by Gasteiger charge is 2.16. The molecule has 2 heterocycles. The summed E-state index contributed by atoms with van der Waals surface area (Å²) in [5.74, 6) is 1.32. The van der Waals surface area contributed by atoms with E-state index in [1.807, 2.05) is 23.6 Å². The molecule has 1 atom stereocenters. The van der Waals surface area contributed by atoms with Crippen LogP contribution >= 0.6 is 11.6 Å². The fourth-order valence-corrected chi connectivity index (χ4v) is 2.43. The standard InChI is InChI=1S/C14H12ClN5O/c1-9(15)14-19-11-3-2-10(7-16)6-12(11)20(14)5-4-13-17-8-18-21-13/h2-3,6,8-9H,4-5H2,1H3. The monoisotopic (exact) mass is 301 g/mol. The van der Waals surface area contributed by atoms with Crippen molar-refractivity contribution >= 4 is 22.6 Å². The van der Waals surface area contributed by atoms with E-state index in [-0.39, 0.29) is 5.38 Å². The Balaban J connectivity index is 2.04. The summed E-state index contributed by atoms with van der Waals surface area (Å²) in [7, 11) is 0. The first-order valence-electron chi connectivity index (χ1n) is 6.49. The number of imidazole rings is 1. The van der Waals surface area contributed by atoms with E-state index in [1.54, 1.807) is 6.07 Å². The van der Waals surface area contributed by atoms with Crippen molar-refractivity contribution in [3.63, 3.8) is 0 Å². The molecule has 3 aromatic rings. The van der Waals surface area contributed by atoms with Gasteiger partial charge in [-0.15, -0.1) is 11.6 Å². The molecule has 106 valence electrons. The van der Waals surface area contributed by atoms with Gasteiger partial charge in [0.15, 0.2) is 6.33 Å². The Bertz CT molecular complexity index is 801. The van der Waals surface area contributed by atoms with Crippen molar-refractivity contribution in [1.29, 1.82) is 5.26 Å². The number of nitrogens with zero attached hydrogens (tertiary/aromatic N) is 5. The minimum absolute atomic E-state index is 0.231. The summed E-state index contributed by atoms with van der Waals surface area (Å²) in [6, 6.07) is 7.54. The van der Waals surface area contributed by atoms with Gasteiger partial charge in [-0.05, 0) is 25.1 Å². The highest BCUT2D eigenvalue weighted by atomic mass is 35.5. The lowest BCUT2D eigenvalue weighted by Gasteiger charge is -2.09. The van der Waals surface area contributed by atoms with Crippen LogP contribution in [0.3, 0.4) is 0 Å².